The molecule has 0 radical (unpaired) electrons. The number of hydrogen-bond donors (Lipinski definition) is 1. The average molecular weight is 448 g/mol. The van der Waals surface area contributed by atoms with Crippen molar-refractivity contribution in [3.05, 3.63) is 35.9 Å². The molecule has 1 aromatic carbocycles. The summed E-state index contributed by atoms with van der Waals surface area (Å²) in [5, 5.41) is 0. The smallest absolute Gasteiger partial charge is 0.410 e. The van der Waals surface area contributed by atoms with Crippen LogP contribution in [0.25, 0.3) is 0 Å². The van der Waals surface area contributed by atoms with Gasteiger partial charge >= 0.3 is 12.1 Å². The van der Waals surface area contributed by atoms with Gasteiger partial charge in [-0.15, -0.1) is 0 Å². The molecule has 1 aromatic rings. The number of rotatable bonds is 6. The first kappa shape index (κ1) is 25.6. The summed E-state index contributed by atoms with van der Waals surface area (Å²) in [4.78, 5) is 41.7. The Bertz CT molecular complexity index is 798. The first-order valence-corrected chi connectivity index (χ1v) is 11.1. The maximum Gasteiger partial charge on any atom is 0.410 e. The van der Waals surface area contributed by atoms with E-state index in [1.165, 1.54) is 0 Å². The van der Waals surface area contributed by atoms with Crippen LogP contribution in [0.4, 0.5) is 4.79 Å². The fourth-order valence-electron chi connectivity index (χ4n) is 3.61. The number of nitrogens with two attached hydrogens (primary N) is 1. The maximum absolute atomic E-state index is 13.3. The lowest BCUT2D eigenvalue weighted by Gasteiger charge is -2.40. The van der Waals surface area contributed by atoms with Gasteiger partial charge in [-0.3, -0.25) is 4.79 Å². The highest BCUT2D eigenvalue weighted by Gasteiger charge is 2.49. The highest BCUT2D eigenvalue weighted by Crippen LogP contribution is 2.24. The number of benzene rings is 1. The zero-order valence-corrected chi connectivity index (χ0v) is 20.1. The second-order valence-electron chi connectivity index (χ2n) is 9.70. The van der Waals surface area contributed by atoms with Gasteiger partial charge in [-0.2, -0.15) is 0 Å². The van der Waals surface area contributed by atoms with E-state index < -0.39 is 28.9 Å². The van der Waals surface area contributed by atoms with E-state index in [0.29, 0.717) is 25.9 Å². The minimum atomic E-state index is -1.77. The number of piperidine rings is 1. The molecule has 0 aliphatic carbocycles. The molecule has 32 heavy (non-hydrogen) atoms. The van der Waals surface area contributed by atoms with Crippen LogP contribution < -0.4 is 5.73 Å². The van der Waals surface area contributed by atoms with Crippen LogP contribution in [0.2, 0.25) is 0 Å². The van der Waals surface area contributed by atoms with E-state index >= 15 is 0 Å². The highest BCUT2D eigenvalue weighted by atomic mass is 16.6. The van der Waals surface area contributed by atoms with E-state index in [9.17, 15) is 14.4 Å². The topological polar surface area (TPSA) is 102 Å². The number of esters is 1. The van der Waals surface area contributed by atoms with Gasteiger partial charge in [0.1, 0.15) is 12.2 Å². The molecular weight excluding hydrogens is 410 g/mol. The molecule has 1 fully saturated rings. The molecule has 2 amide bonds. The van der Waals surface area contributed by atoms with Crippen molar-refractivity contribution >= 4 is 18.0 Å². The first-order valence-electron chi connectivity index (χ1n) is 11.1. The van der Waals surface area contributed by atoms with Gasteiger partial charge in [-0.1, -0.05) is 44.2 Å². The zero-order valence-electron chi connectivity index (χ0n) is 20.1. The van der Waals surface area contributed by atoms with Crippen molar-refractivity contribution < 1.29 is 23.9 Å². The second kappa shape index (κ2) is 10.3. The van der Waals surface area contributed by atoms with Gasteiger partial charge in [0.05, 0.1) is 0 Å². The molecule has 2 rings (SSSR count). The molecule has 1 aliphatic rings. The Morgan fingerprint density at radius 2 is 1.69 bits per heavy atom. The molecule has 1 aliphatic heterocycles. The number of nitrogens with zero attached hydrogens (tertiary/aromatic N) is 2. The summed E-state index contributed by atoms with van der Waals surface area (Å²) in [6.07, 6.45) is 0.769. The summed E-state index contributed by atoms with van der Waals surface area (Å²) in [5.74, 6) is -1.61. The minimum absolute atomic E-state index is 0.0508. The monoisotopic (exact) mass is 447 g/mol. The van der Waals surface area contributed by atoms with Crippen LogP contribution in [0.15, 0.2) is 30.3 Å². The van der Waals surface area contributed by atoms with E-state index in [0.717, 1.165) is 5.56 Å². The standard InChI is InChI=1S/C24H37N3O5/c1-17(2)24(25,21(29)31-16-18-10-8-7-9-11-18)20(28)27-14-12-19(13-15-27)26(6)22(30)32-23(3,4)5/h7-11,17,19H,12-16,25H2,1-6H3/t24-/m0/s1. The Kier molecular flexibility index (Phi) is 8.29. The molecule has 1 atom stereocenters. The lowest BCUT2D eigenvalue weighted by Crippen LogP contribution is -2.65. The van der Waals surface area contributed by atoms with Gasteiger partial charge in [0.2, 0.25) is 0 Å². The second-order valence-corrected chi connectivity index (χ2v) is 9.70. The lowest BCUT2D eigenvalue weighted by molar-refractivity contribution is -0.162. The molecule has 0 aromatic heterocycles. The SMILES string of the molecule is CC(C)[C@@](N)(C(=O)OCc1ccccc1)C(=O)N1CCC(N(C)C(=O)OC(C)(C)C)CC1. The van der Waals surface area contributed by atoms with Gasteiger partial charge in [0.25, 0.3) is 5.91 Å². The van der Waals surface area contributed by atoms with Crippen molar-refractivity contribution in [2.45, 2.75) is 71.2 Å². The number of amides is 2. The molecule has 178 valence electrons. The molecule has 0 saturated carbocycles. The van der Waals surface area contributed by atoms with Gasteiger partial charge in [-0.05, 0) is 45.1 Å². The minimum Gasteiger partial charge on any atom is -0.459 e. The van der Waals surface area contributed by atoms with E-state index in [1.54, 1.807) is 30.7 Å². The van der Waals surface area contributed by atoms with Crippen LogP contribution in [0, 0.1) is 5.92 Å². The molecule has 2 N–H and O–H groups in total. The quantitative estimate of drug-likeness (QED) is 0.531. The van der Waals surface area contributed by atoms with Crippen molar-refractivity contribution in [1.29, 1.82) is 0 Å². The highest BCUT2D eigenvalue weighted by molar-refractivity contribution is 6.07. The number of carbonyl (C=O) groups is 3. The lowest BCUT2D eigenvalue weighted by atomic mass is 9.85. The van der Waals surface area contributed by atoms with Gasteiger partial charge in [-0.25, -0.2) is 9.59 Å². The Morgan fingerprint density at radius 3 is 2.19 bits per heavy atom. The van der Waals surface area contributed by atoms with Gasteiger partial charge in [0.15, 0.2) is 5.54 Å². The molecule has 8 nitrogen and oxygen atoms in total. The van der Waals surface area contributed by atoms with Crippen molar-refractivity contribution in [1.82, 2.24) is 9.80 Å². The van der Waals surface area contributed by atoms with Crippen molar-refractivity contribution in [3.8, 4) is 0 Å². The average Bonchev–Trinajstić information content (AvgIpc) is 2.75. The number of ether oxygens (including phenoxy) is 2. The van der Waals surface area contributed by atoms with E-state index in [2.05, 4.69) is 0 Å². The van der Waals surface area contributed by atoms with Crippen LogP contribution in [-0.4, -0.2) is 65.1 Å². The van der Waals surface area contributed by atoms with Crippen molar-refractivity contribution in [3.63, 3.8) is 0 Å². The summed E-state index contributed by atoms with van der Waals surface area (Å²) >= 11 is 0. The Morgan fingerprint density at radius 1 is 1.12 bits per heavy atom. The maximum atomic E-state index is 13.3. The van der Waals surface area contributed by atoms with Gasteiger partial charge < -0.3 is 25.0 Å². The third-order valence-corrected chi connectivity index (χ3v) is 5.80. The fraction of sp³-hybridized carbons (Fsp3) is 0.625. The van der Waals surface area contributed by atoms with Crippen LogP contribution in [-0.2, 0) is 25.7 Å². The van der Waals surface area contributed by atoms with Crippen molar-refractivity contribution in [2.75, 3.05) is 20.1 Å². The normalized spacial score (nSPS) is 16.9. The van der Waals surface area contributed by atoms with Crippen LogP contribution in [0.3, 0.4) is 0 Å². The third-order valence-electron chi connectivity index (χ3n) is 5.80. The Balaban J connectivity index is 2.00. The van der Waals surface area contributed by atoms with Crippen LogP contribution in [0.5, 0.6) is 0 Å². The summed E-state index contributed by atoms with van der Waals surface area (Å²) < 4.78 is 10.9. The largest absolute Gasteiger partial charge is 0.459 e. The molecular formula is C24H37N3O5. The number of likely N-dealkylation sites (tertiary alicyclic amines) is 1. The fourth-order valence-corrected chi connectivity index (χ4v) is 3.61. The predicted molar refractivity (Wildman–Crippen MR) is 122 cm³/mol. The number of hydrogen-bond acceptors (Lipinski definition) is 6. The van der Waals surface area contributed by atoms with Gasteiger partial charge in [0, 0.05) is 26.2 Å². The first-order chi connectivity index (χ1) is 14.9. The summed E-state index contributed by atoms with van der Waals surface area (Å²) in [7, 11) is 1.71. The molecule has 0 spiro atoms. The number of carbonyl (C=O) groups excluding carboxylic acids is 3. The molecule has 1 heterocycles. The zero-order chi connectivity index (χ0) is 24.1. The van der Waals surface area contributed by atoms with Crippen molar-refractivity contribution in [2.24, 2.45) is 11.7 Å². The summed E-state index contributed by atoms with van der Waals surface area (Å²) in [5.41, 5.74) is 4.87. The van der Waals surface area contributed by atoms with E-state index in [4.69, 9.17) is 15.2 Å². The Labute approximate surface area is 191 Å². The van der Waals surface area contributed by atoms with Crippen LogP contribution >= 0.6 is 0 Å². The summed E-state index contributed by atoms with van der Waals surface area (Å²) in [6.45, 7) is 9.80. The van der Waals surface area contributed by atoms with Crippen LogP contribution in [0.1, 0.15) is 53.0 Å². The molecule has 0 unspecified atom stereocenters. The van der Waals surface area contributed by atoms with E-state index in [-0.39, 0.29) is 18.7 Å². The van der Waals surface area contributed by atoms with E-state index in [1.807, 2.05) is 51.1 Å². The third kappa shape index (κ3) is 6.22. The molecule has 1 saturated heterocycles. The molecule has 8 heteroatoms. The molecule has 0 bridgehead atoms. The predicted octanol–water partition coefficient (Wildman–Crippen LogP) is 2.94. The Hall–Kier alpha value is -2.61. The summed E-state index contributed by atoms with van der Waals surface area (Å²) in [6, 6.07) is 9.21.